The molecule has 2 heterocycles. The highest BCUT2D eigenvalue weighted by molar-refractivity contribution is 5.63. The van der Waals surface area contributed by atoms with Crippen molar-refractivity contribution in [1.29, 1.82) is 0 Å². The molecule has 0 N–H and O–H groups in total. The van der Waals surface area contributed by atoms with Crippen LogP contribution < -0.4 is 0 Å². The molecule has 0 saturated heterocycles. The van der Waals surface area contributed by atoms with Crippen molar-refractivity contribution in [3.8, 4) is 11.3 Å². The molecule has 2 bridgehead atoms. The standard InChI is InChI=1S/C18H20N2/c1-11-3-8-15(12(2)20-11)18-9-16-13-4-6-14(7-5-13)17(16)10-19-18/h3,8-10,13-14H,4-7H2,1-2H3. The minimum absolute atomic E-state index is 0.772. The Balaban J connectivity index is 1.83. The van der Waals surface area contributed by atoms with Crippen LogP contribution in [0.2, 0.25) is 0 Å². The molecule has 0 atom stereocenters. The van der Waals surface area contributed by atoms with Crippen molar-refractivity contribution < 1.29 is 0 Å². The van der Waals surface area contributed by atoms with E-state index in [0.717, 1.165) is 28.9 Å². The molecule has 1 fully saturated rings. The first-order valence-corrected chi connectivity index (χ1v) is 7.67. The number of aromatic nitrogens is 2. The van der Waals surface area contributed by atoms with Crippen LogP contribution in [0.4, 0.5) is 0 Å². The van der Waals surface area contributed by atoms with Crippen LogP contribution in [0.25, 0.3) is 11.3 Å². The Labute approximate surface area is 120 Å². The van der Waals surface area contributed by atoms with Crippen molar-refractivity contribution in [1.82, 2.24) is 9.97 Å². The van der Waals surface area contributed by atoms with Crippen LogP contribution in [0, 0.1) is 13.8 Å². The van der Waals surface area contributed by atoms with E-state index in [9.17, 15) is 0 Å². The van der Waals surface area contributed by atoms with Crippen molar-refractivity contribution >= 4 is 0 Å². The predicted octanol–water partition coefficient (Wildman–Crippen LogP) is 4.52. The second kappa shape index (κ2) is 4.41. The molecule has 102 valence electrons. The molecule has 0 unspecified atom stereocenters. The molecular formula is C18H20N2. The summed E-state index contributed by atoms with van der Waals surface area (Å²) in [6.45, 7) is 4.12. The highest BCUT2D eigenvalue weighted by Gasteiger charge is 2.33. The van der Waals surface area contributed by atoms with E-state index < -0.39 is 0 Å². The number of hydrogen-bond donors (Lipinski definition) is 0. The van der Waals surface area contributed by atoms with Gasteiger partial charge in [0.05, 0.1) is 5.69 Å². The molecule has 20 heavy (non-hydrogen) atoms. The number of aryl methyl sites for hydroxylation is 2. The Bertz CT molecular complexity index is 667. The second-order valence-electron chi connectivity index (χ2n) is 6.33. The molecule has 5 rings (SSSR count). The summed E-state index contributed by atoms with van der Waals surface area (Å²) in [6.07, 6.45) is 7.60. The summed E-state index contributed by atoms with van der Waals surface area (Å²) in [7, 11) is 0. The van der Waals surface area contributed by atoms with Crippen LogP contribution in [-0.2, 0) is 0 Å². The van der Waals surface area contributed by atoms with Gasteiger partial charge >= 0.3 is 0 Å². The molecule has 3 aliphatic rings. The molecule has 0 spiro atoms. The van der Waals surface area contributed by atoms with Crippen LogP contribution in [0.5, 0.6) is 0 Å². The second-order valence-corrected chi connectivity index (χ2v) is 6.33. The Hall–Kier alpha value is -1.70. The average molecular weight is 264 g/mol. The van der Waals surface area contributed by atoms with Crippen LogP contribution >= 0.6 is 0 Å². The fourth-order valence-corrected chi connectivity index (χ4v) is 4.00. The van der Waals surface area contributed by atoms with Gasteiger partial charge in [-0.05, 0) is 80.7 Å². The summed E-state index contributed by atoms with van der Waals surface area (Å²) in [5.74, 6) is 1.55. The Kier molecular flexibility index (Phi) is 2.66. The molecule has 2 aromatic rings. The van der Waals surface area contributed by atoms with Crippen LogP contribution in [0.3, 0.4) is 0 Å². The van der Waals surface area contributed by atoms with Crippen LogP contribution in [0.15, 0.2) is 24.4 Å². The number of nitrogens with zero attached hydrogens (tertiary/aromatic N) is 2. The monoisotopic (exact) mass is 264 g/mol. The SMILES string of the molecule is Cc1ccc(-c2cc3c(cn2)C2CCC3CC2)c(C)n1. The third kappa shape index (κ3) is 1.78. The largest absolute Gasteiger partial charge is 0.258 e. The summed E-state index contributed by atoms with van der Waals surface area (Å²) in [5.41, 5.74) is 7.52. The molecule has 0 amide bonds. The summed E-state index contributed by atoms with van der Waals surface area (Å²) >= 11 is 0. The lowest BCUT2D eigenvalue weighted by atomic mass is 9.67. The summed E-state index contributed by atoms with van der Waals surface area (Å²) in [4.78, 5) is 9.30. The van der Waals surface area contributed by atoms with Gasteiger partial charge in [0, 0.05) is 23.1 Å². The van der Waals surface area contributed by atoms with Gasteiger partial charge in [-0.1, -0.05) is 0 Å². The first kappa shape index (κ1) is 12.1. The lowest BCUT2D eigenvalue weighted by molar-refractivity contribution is 0.358. The zero-order chi connectivity index (χ0) is 13.7. The van der Waals surface area contributed by atoms with Gasteiger partial charge in [-0.3, -0.25) is 9.97 Å². The first-order chi connectivity index (χ1) is 9.72. The minimum Gasteiger partial charge on any atom is -0.258 e. The summed E-state index contributed by atoms with van der Waals surface area (Å²) < 4.78 is 0. The molecule has 3 aliphatic carbocycles. The average Bonchev–Trinajstić information content (AvgIpc) is 2.48. The van der Waals surface area contributed by atoms with Gasteiger partial charge in [0.25, 0.3) is 0 Å². The fourth-order valence-electron chi connectivity index (χ4n) is 4.00. The normalized spacial score (nSPS) is 23.7. The van der Waals surface area contributed by atoms with E-state index in [-0.39, 0.29) is 0 Å². The highest BCUT2D eigenvalue weighted by atomic mass is 14.7. The minimum atomic E-state index is 0.772. The van der Waals surface area contributed by atoms with Gasteiger partial charge in [0.15, 0.2) is 0 Å². The van der Waals surface area contributed by atoms with Gasteiger partial charge in [-0.15, -0.1) is 0 Å². The Morgan fingerprint density at radius 2 is 1.65 bits per heavy atom. The predicted molar refractivity (Wildman–Crippen MR) is 80.9 cm³/mol. The van der Waals surface area contributed by atoms with Crippen molar-refractivity contribution in [2.45, 2.75) is 51.4 Å². The Morgan fingerprint density at radius 3 is 2.35 bits per heavy atom. The zero-order valence-corrected chi connectivity index (χ0v) is 12.2. The van der Waals surface area contributed by atoms with Crippen molar-refractivity contribution in [3.63, 3.8) is 0 Å². The first-order valence-electron chi connectivity index (χ1n) is 7.67. The van der Waals surface area contributed by atoms with Gasteiger partial charge in [-0.25, -0.2) is 0 Å². The van der Waals surface area contributed by atoms with E-state index in [0.29, 0.717) is 0 Å². The molecule has 0 aliphatic heterocycles. The third-order valence-corrected chi connectivity index (χ3v) is 5.08. The van der Waals surface area contributed by atoms with E-state index in [1.165, 1.54) is 36.8 Å². The smallest absolute Gasteiger partial charge is 0.0723 e. The Morgan fingerprint density at radius 1 is 0.950 bits per heavy atom. The maximum Gasteiger partial charge on any atom is 0.0723 e. The molecule has 0 aromatic carbocycles. The van der Waals surface area contributed by atoms with E-state index >= 15 is 0 Å². The third-order valence-electron chi connectivity index (χ3n) is 5.08. The van der Waals surface area contributed by atoms with E-state index in [2.05, 4.69) is 36.3 Å². The van der Waals surface area contributed by atoms with Crippen molar-refractivity contribution in [2.75, 3.05) is 0 Å². The van der Waals surface area contributed by atoms with Crippen LogP contribution in [-0.4, -0.2) is 9.97 Å². The number of hydrogen-bond acceptors (Lipinski definition) is 2. The number of pyridine rings is 2. The zero-order valence-electron chi connectivity index (χ0n) is 12.2. The summed E-state index contributed by atoms with van der Waals surface area (Å²) in [6, 6.07) is 6.58. The fraction of sp³-hybridized carbons (Fsp3) is 0.444. The lowest BCUT2D eigenvalue weighted by Crippen LogP contribution is -2.21. The van der Waals surface area contributed by atoms with Crippen molar-refractivity contribution in [3.05, 3.63) is 46.9 Å². The lowest BCUT2D eigenvalue weighted by Gasteiger charge is -2.38. The quantitative estimate of drug-likeness (QED) is 0.757. The molecule has 1 saturated carbocycles. The topological polar surface area (TPSA) is 25.8 Å². The maximum atomic E-state index is 4.73. The van der Waals surface area contributed by atoms with Crippen LogP contribution in [0.1, 0.15) is 60.0 Å². The van der Waals surface area contributed by atoms with E-state index in [4.69, 9.17) is 4.98 Å². The summed E-state index contributed by atoms with van der Waals surface area (Å²) in [5, 5.41) is 0. The van der Waals surface area contributed by atoms with Gasteiger partial charge < -0.3 is 0 Å². The van der Waals surface area contributed by atoms with Crippen molar-refractivity contribution in [2.24, 2.45) is 0 Å². The number of rotatable bonds is 1. The van der Waals surface area contributed by atoms with Gasteiger partial charge in [-0.2, -0.15) is 0 Å². The number of fused-ring (bicyclic) bond motifs is 2. The highest BCUT2D eigenvalue weighted by Crippen LogP contribution is 2.49. The maximum absolute atomic E-state index is 4.73. The van der Waals surface area contributed by atoms with E-state index in [1.54, 1.807) is 5.56 Å². The molecule has 2 nitrogen and oxygen atoms in total. The molecule has 2 heteroatoms. The molecule has 2 aromatic heterocycles. The molecule has 0 radical (unpaired) electrons. The van der Waals surface area contributed by atoms with E-state index in [1.807, 2.05) is 6.92 Å². The molecular weight excluding hydrogens is 244 g/mol. The van der Waals surface area contributed by atoms with Gasteiger partial charge in [0.1, 0.15) is 0 Å². The van der Waals surface area contributed by atoms with Gasteiger partial charge in [0.2, 0.25) is 0 Å².